The van der Waals surface area contributed by atoms with Gasteiger partial charge in [0.15, 0.2) is 11.4 Å². The van der Waals surface area contributed by atoms with E-state index >= 15 is 0 Å². The van der Waals surface area contributed by atoms with Crippen molar-refractivity contribution < 1.29 is 14.5 Å². The maximum atomic E-state index is 12.1. The molecule has 3 rings (SSSR count). The van der Waals surface area contributed by atoms with Gasteiger partial charge < -0.3 is 9.30 Å². The topological polar surface area (TPSA) is 86.7 Å². The number of nitro groups is 1. The highest BCUT2D eigenvalue weighted by molar-refractivity contribution is 7.16. The molecule has 134 valence electrons. The Morgan fingerprint density at radius 2 is 2.04 bits per heavy atom. The van der Waals surface area contributed by atoms with Gasteiger partial charge in [-0.1, -0.05) is 22.9 Å². The van der Waals surface area contributed by atoms with Gasteiger partial charge in [-0.2, -0.15) is 4.99 Å². The molecule has 0 unspecified atom stereocenters. The van der Waals surface area contributed by atoms with E-state index in [-0.39, 0.29) is 12.3 Å². The highest BCUT2D eigenvalue weighted by Crippen LogP contribution is 2.23. The first-order valence-corrected chi connectivity index (χ1v) is 8.91. The van der Waals surface area contributed by atoms with Crippen LogP contribution >= 0.6 is 22.9 Å². The van der Waals surface area contributed by atoms with Gasteiger partial charge in [0.1, 0.15) is 5.75 Å². The summed E-state index contributed by atoms with van der Waals surface area (Å²) in [5, 5.41) is 11.5. The minimum absolute atomic E-state index is 0.00551. The third kappa shape index (κ3) is 3.92. The third-order valence-electron chi connectivity index (χ3n) is 3.59. The van der Waals surface area contributed by atoms with Crippen molar-refractivity contribution in [3.05, 3.63) is 62.4 Å². The van der Waals surface area contributed by atoms with Crippen LogP contribution in [-0.4, -0.2) is 22.0 Å². The molecule has 0 fully saturated rings. The number of hydrogen-bond acceptors (Lipinski definition) is 5. The number of aryl methyl sites for hydroxylation is 1. The van der Waals surface area contributed by atoms with Crippen LogP contribution in [0, 0.1) is 10.1 Å². The van der Waals surface area contributed by atoms with Crippen LogP contribution in [0.25, 0.3) is 10.2 Å². The van der Waals surface area contributed by atoms with Gasteiger partial charge in [0.05, 0.1) is 15.1 Å². The normalized spacial score (nSPS) is 11.7. The molecule has 0 aliphatic carbocycles. The molecule has 0 bridgehead atoms. The van der Waals surface area contributed by atoms with Gasteiger partial charge in [0, 0.05) is 23.7 Å². The zero-order chi connectivity index (χ0) is 18.7. The molecular formula is C17H14ClN3O4S. The van der Waals surface area contributed by atoms with Crippen molar-refractivity contribution in [1.82, 2.24) is 4.57 Å². The lowest BCUT2D eigenvalue weighted by molar-refractivity contribution is -0.384. The Morgan fingerprint density at radius 1 is 1.31 bits per heavy atom. The van der Waals surface area contributed by atoms with E-state index in [4.69, 9.17) is 16.3 Å². The monoisotopic (exact) mass is 391 g/mol. The fourth-order valence-corrected chi connectivity index (χ4v) is 3.65. The van der Waals surface area contributed by atoms with E-state index in [1.54, 1.807) is 30.3 Å². The summed E-state index contributed by atoms with van der Waals surface area (Å²) in [6.45, 7) is 2.29. The van der Waals surface area contributed by atoms with Gasteiger partial charge in [-0.3, -0.25) is 14.9 Å². The summed E-state index contributed by atoms with van der Waals surface area (Å²) in [5.74, 6) is 0.0801. The number of carbonyl (C=O) groups is 1. The van der Waals surface area contributed by atoms with E-state index in [9.17, 15) is 14.9 Å². The molecule has 7 nitrogen and oxygen atoms in total. The number of rotatable bonds is 5. The Labute approximate surface area is 157 Å². The van der Waals surface area contributed by atoms with Crippen molar-refractivity contribution >= 4 is 44.7 Å². The molecule has 0 aliphatic rings. The van der Waals surface area contributed by atoms with Crippen LogP contribution in [0.1, 0.15) is 6.92 Å². The molecule has 1 aromatic heterocycles. The van der Waals surface area contributed by atoms with Crippen LogP contribution in [0.15, 0.2) is 47.5 Å². The first kappa shape index (κ1) is 18.1. The van der Waals surface area contributed by atoms with Crippen LogP contribution in [0.3, 0.4) is 0 Å². The van der Waals surface area contributed by atoms with Gasteiger partial charge >= 0.3 is 0 Å². The van der Waals surface area contributed by atoms with Crippen molar-refractivity contribution in [3.63, 3.8) is 0 Å². The van der Waals surface area contributed by atoms with Crippen LogP contribution in [-0.2, 0) is 11.3 Å². The number of benzene rings is 2. The molecule has 9 heteroatoms. The van der Waals surface area contributed by atoms with E-state index in [1.165, 1.54) is 23.5 Å². The zero-order valence-electron chi connectivity index (χ0n) is 13.7. The van der Waals surface area contributed by atoms with E-state index in [1.807, 2.05) is 11.5 Å². The molecule has 3 aromatic rings. The second-order valence-electron chi connectivity index (χ2n) is 5.29. The predicted octanol–water partition coefficient (Wildman–Crippen LogP) is 3.79. The molecule has 2 aromatic carbocycles. The minimum Gasteiger partial charge on any atom is -0.484 e. The fraction of sp³-hybridized carbons (Fsp3) is 0.176. The van der Waals surface area contributed by atoms with Crippen LogP contribution < -0.4 is 9.54 Å². The maximum Gasteiger partial charge on any atom is 0.286 e. The van der Waals surface area contributed by atoms with E-state index in [0.717, 1.165) is 5.52 Å². The second kappa shape index (κ2) is 7.67. The molecule has 0 radical (unpaired) electrons. The zero-order valence-corrected chi connectivity index (χ0v) is 15.3. The maximum absolute atomic E-state index is 12.1. The quantitative estimate of drug-likeness (QED) is 0.489. The molecule has 0 saturated heterocycles. The van der Waals surface area contributed by atoms with Gasteiger partial charge in [-0.05, 0) is 37.3 Å². The molecule has 1 amide bonds. The van der Waals surface area contributed by atoms with Crippen LogP contribution in [0.4, 0.5) is 5.69 Å². The Balaban J connectivity index is 1.86. The van der Waals surface area contributed by atoms with E-state index in [2.05, 4.69) is 4.99 Å². The number of nitrogens with zero attached hydrogens (tertiary/aromatic N) is 3. The molecule has 0 aliphatic heterocycles. The molecule has 0 spiro atoms. The highest BCUT2D eigenvalue weighted by Gasteiger charge is 2.12. The molecule has 0 N–H and O–H groups in total. The predicted molar refractivity (Wildman–Crippen MR) is 99.7 cm³/mol. The molecule has 0 saturated carbocycles. The lowest BCUT2D eigenvalue weighted by Gasteiger charge is -2.03. The van der Waals surface area contributed by atoms with Gasteiger partial charge in [-0.25, -0.2) is 0 Å². The largest absolute Gasteiger partial charge is 0.484 e. The SMILES string of the molecule is CCn1c(=NC(=O)COc2ccc(Cl)cc2)sc2cc([N+](=O)[O-])ccc21. The Hall–Kier alpha value is -2.71. The minimum atomic E-state index is -0.447. The number of aromatic nitrogens is 1. The Bertz CT molecular complexity index is 1040. The lowest BCUT2D eigenvalue weighted by atomic mass is 10.3. The molecular weight excluding hydrogens is 378 g/mol. The lowest BCUT2D eigenvalue weighted by Crippen LogP contribution is -2.18. The number of amides is 1. The number of non-ortho nitro benzene ring substituents is 1. The molecule has 1 heterocycles. The summed E-state index contributed by atoms with van der Waals surface area (Å²) in [4.78, 5) is 27.2. The summed E-state index contributed by atoms with van der Waals surface area (Å²) >= 11 is 7.03. The standard InChI is InChI=1S/C17H14ClN3O4S/c1-2-20-14-8-5-12(21(23)24)9-15(14)26-17(20)19-16(22)10-25-13-6-3-11(18)4-7-13/h3-9H,2,10H2,1H3. The van der Waals surface area contributed by atoms with Crippen molar-refractivity contribution in [2.45, 2.75) is 13.5 Å². The number of ether oxygens (including phenoxy) is 1. The summed E-state index contributed by atoms with van der Waals surface area (Å²) in [5.41, 5.74) is 0.805. The number of thiazole rings is 1. The summed E-state index contributed by atoms with van der Waals surface area (Å²) in [6, 6.07) is 11.3. The number of carbonyl (C=O) groups excluding carboxylic acids is 1. The van der Waals surface area contributed by atoms with Crippen molar-refractivity contribution in [2.75, 3.05) is 6.61 Å². The Kier molecular flexibility index (Phi) is 5.34. The van der Waals surface area contributed by atoms with Crippen molar-refractivity contribution in [2.24, 2.45) is 4.99 Å². The summed E-state index contributed by atoms with van der Waals surface area (Å²) in [7, 11) is 0. The van der Waals surface area contributed by atoms with E-state index in [0.29, 0.717) is 26.8 Å². The fourth-order valence-electron chi connectivity index (χ4n) is 2.38. The van der Waals surface area contributed by atoms with Crippen LogP contribution in [0.2, 0.25) is 5.02 Å². The number of hydrogen-bond donors (Lipinski definition) is 0. The average molecular weight is 392 g/mol. The summed E-state index contributed by atoms with van der Waals surface area (Å²) < 4.78 is 7.93. The number of halogens is 1. The second-order valence-corrected chi connectivity index (χ2v) is 6.73. The average Bonchev–Trinajstić information content (AvgIpc) is 2.97. The highest BCUT2D eigenvalue weighted by atomic mass is 35.5. The van der Waals surface area contributed by atoms with Gasteiger partial charge in [-0.15, -0.1) is 0 Å². The number of fused-ring (bicyclic) bond motifs is 1. The first-order valence-electron chi connectivity index (χ1n) is 7.71. The van der Waals surface area contributed by atoms with Crippen molar-refractivity contribution in [3.8, 4) is 5.75 Å². The molecule has 0 atom stereocenters. The number of nitro benzene ring substituents is 1. The van der Waals surface area contributed by atoms with E-state index < -0.39 is 10.8 Å². The Morgan fingerprint density at radius 3 is 2.69 bits per heavy atom. The van der Waals surface area contributed by atoms with Crippen LogP contribution in [0.5, 0.6) is 5.75 Å². The molecule has 26 heavy (non-hydrogen) atoms. The van der Waals surface area contributed by atoms with Gasteiger partial charge in [0.2, 0.25) is 0 Å². The first-order chi connectivity index (χ1) is 12.5. The van der Waals surface area contributed by atoms with Gasteiger partial charge in [0.25, 0.3) is 11.6 Å². The third-order valence-corrected chi connectivity index (χ3v) is 4.88. The summed E-state index contributed by atoms with van der Waals surface area (Å²) in [6.07, 6.45) is 0. The smallest absolute Gasteiger partial charge is 0.286 e. The van der Waals surface area contributed by atoms with Crippen molar-refractivity contribution in [1.29, 1.82) is 0 Å².